The number of benzene rings is 1. The maximum absolute atomic E-state index is 13.7. The fourth-order valence-electron chi connectivity index (χ4n) is 2.20. The van der Waals surface area contributed by atoms with Crippen molar-refractivity contribution in [3.8, 4) is 5.75 Å². The minimum absolute atomic E-state index is 0.264. The molecule has 1 aromatic carbocycles. The minimum Gasteiger partial charge on any atom is -0.494 e. The lowest BCUT2D eigenvalue weighted by Crippen LogP contribution is -2.14. The van der Waals surface area contributed by atoms with E-state index in [1.807, 2.05) is 23.9 Å². The number of hydrogen-bond donors (Lipinski definition) is 1. The first kappa shape index (κ1) is 15.5. The highest BCUT2D eigenvalue weighted by Crippen LogP contribution is 2.19. The summed E-state index contributed by atoms with van der Waals surface area (Å²) in [5.41, 5.74) is 3.15. The summed E-state index contributed by atoms with van der Waals surface area (Å²) in [7, 11) is 1.46. The Morgan fingerprint density at radius 2 is 2.19 bits per heavy atom. The normalized spacial score (nSPS) is 10.9. The monoisotopic (exact) mass is 291 g/mol. The number of nitrogens with one attached hydrogen (secondary N) is 1. The number of aromatic nitrogens is 2. The van der Waals surface area contributed by atoms with Gasteiger partial charge in [-0.3, -0.25) is 4.68 Å². The lowest BCUT2D eigenvalue weighted by molar-refractivity contribution is 0.386. The zero-order chi connectivity index (χ0) is 15.2. The fourth-order valence-corrected chi connectivity index (χ4v) is 2.20. The van der Waals surface area contributed by atoms with Gasteiger partial charge in [-0.2, -0.15) is 5.10 Å². The number of rotatable bonds is 7. The first-order valence-electron chi connectivity index (χ1n) is 7.20. The van der Waals surface area contributed by atoms with Crippen molar-refractivity contribution in [3.63, 3.8) is 0 Å². The van der Waals surface area contributed by atoms with Crippen LogP contribution in [0.1, 0.15) is 30.2 Å². The third kappa shape index (κ3) is 3.82. The van der Waals surface area contributed by atoms with Gasteiger partial charge in [0, 0.05) is 17.8 Å². The van der Waals surface area contributed by atoms with E-state index in [0.717, 1.165) is 30.8 Å². The zero-order valence-corrected chi connectivity index (χ0v) is 12.8. The van der Waals surface area contributed by atoms with Gasteiger partial charge in [0.1, 0.15) is 0 Å². The molecule has 5 heteroatoms. The Balaban J connectivity index is 2.07. The first-order chi connectivity index (χ1) is 10.2. The molecule has 0 radical (unpaired) electrons. The summed E-state index contributed by atoms with van der Waals surface area (Å²) in [5, 5.41) is 7.75. The highest BCUT2D eigenvalue weighted by atomic mass is 19.1. The zero-order valence-electron chi connectivity index (χ0n) is 12.8. The molecule has 1 N–H and O–H groups in total. The van der Waals surface area contributed by atoms with Crippen molar-refractivity contribution in [3.05, 3.63) is 47.0 Å². The Labute approximate surface area is 124 Å². The van der Waals surface area contributed by atoms with Gasteiger partial charge < -0.3 is 10.1 Å². The van der Waals surface area contributed by atoms with Crippen LogP contribution in [0, 0.1) is 12.7 Å². The number of nitrogens with zero attached hydrogens (tertiary/aromatic N) is 2. The molecule has 0 saturated heterocycles. The van der Waals surface area contributed by atoms with Crippen LogP contribution in [0.25, 0.3) is 0 Å². The molecule has 0 aliphatic carbocycles. The molecule has 2 rings (SSSR count). The van der Waals surface area contributed by atoms with Crippen molar-refractivity contribution in [2.24, 2.45) is 0 Å². The minimum atomic E-state index is -0.343. The van der Waals surface area contributed by atoms with Crippen molar-refractivity contribution in [2.45, 2.75) is 33.4 Å². The van der Waals surface area contributed by atoms with Crippen molar-refractivity contribution in [2.75, 3.05) is 13.7 Å². The van der Waals surface area contributed by atoms with Gasteiger partial charge in [-0.1, -0.05) is 13.0 Å². The van der Waals surface area contributed by atoms with E-state index in [4.69, 9.17) is 4.74 Å². The molecule has 1 aromatic heterocycles. The van der Waals surface area contributed by atoms with Gasteiger partial charge in [0.05, 0.1) is 19.9 Å². The Morgan fingerprint density at radius 3 is 2.86 bits per heavy atom. The summed E-state index contributed by atoms with van der Waals surface area (Å²) in [6, 6.07) is 5.00. The Bertz CT molecular complexity index is 595. The van der Waals surface area contributed by atoms with Crippen LogP contribution in [0.3, 0.4) is 0 Å². The van der Waals surface area contributed by atoms with E-state index >= 15 is 0 Å². The quantitative estimate of drug-likeness (QED) is 0.797. The molecule has 0 amide bonds. The first-order valence-corrected chi connectivity index (χ1v) is 7.20. The van der Waals surface area contributed by atoms with Crippen molar-refractivity contribution >= 4 is 0 Å². The third-order valence-electron chi connectivity index (χ3n) is 3.50. The maximum atomic E-state index is 13.7. The fraction of sp³-hybridized carbons (Fsp3) is 0.438. The molecule has 0 spiro atoms. The van der Waals surface area contributed by atoms with Crippen LogP contribution >= 0.6 is 0 Å². The van der Waals surface area contributed by atoms with Gasteiger partial charge in [-0.15, -0.1) is 0 Å². The standard InChI is InChI=1S/C16H22FN3O/c1-4-7-18-9-14-10-19-20(12(14)2)11-13-5-6-16(21-3)15(17)8-13/h5-6,8,10,18H,4,7,9,11H2,1-3H3. The van der Waals surface area contributed by atoms with Crippen LogP contribution in [-0.4, -0.2) is 23.4 Å². The van der Waals surface area contributed by atoms with E-state index in [1.54, 1.807) is 6.07 Å². The Morgan fingerprint density at radius 1 is 1.38 bits per heavy atom. The number of ether oxygens (including phenoxy) is 1. The van der Waals surface area contributed by atoms with E-state index in [-0.39, 0.29) is 11.6 Å². The van der Waals surface area contributed by atoms with Gasteiger partial charge in [0.2, 0.25) is 0 Å². The molecule has 0 aliphatic rings. The van der Waals surface area contributed by atoms with E-state index in [9.17, 15) is 4.39 Å². The topological polar surface area (TPSA) is 39.1 Å². The molecule has 4 nitrogen and oxygen atoms in total. The predicted octanol–water partition coefficient (Wildman–Crippen LogP) is 2.89. The molecule has 0 aliphatic heterocycles. The second-order valence-electron chi connectivity index (χ2n) is 5.06. The predicted molar refractivity (Wildman–Crippen MR) is 81.0 cm³/mol. The summed E-state index contributed by atoms with van der Waals surface area (Å²) >= 11 is 0. The molecule has 0 saturated carbocycles. The average molecular weight is 291 g/mol. The van der Waals surface area contributed by atoms with Crippen LogP contribution in [0.5, 0.6) is 5.75 Å². The average Bonchev–Trinajstić information content (AvgIpc) is 2.81. The molecule has 0 fully saturated rings. The summed E-state index contributed by atoms with van der Waals surface area (Å²) in [6.07, 6.45) is 2.98. The molecule has 1 heterocycles. The highest BCUT2D eigenvalue weighted by Gasteiger charge is 2.08. The molecule has 114 valence electrons. The van der Waals surface area contributed by atoms with Gasteiger partial charge in [-0.25, -0.2) is 4.39 Å². The molecule has 0 unspecified atom stereocenters. The van der Waals surface area contributed by atoms with Gasteiger partial charge in [0.15, 0.2) is 11.6 Å². The summed E-state index contributed by atoms with van der Waals surface area (Å²) in [5.74, 6) is -0.0787. The largest absolute Gasteiger partial charge is 0.494 e. The maximum Gasteiger partial charge on any atom is 0.165 e. The Kier molecular flexibility index (Phi) is 5.33. The van der Waals surface area contributed by atoms with Crippen LogP contribution in [0.2, 0.25) is 0 Å². The number of halogens is 1. The molecule has 0 bridgehead atoms. The second kappa shape index (κ2) is 7.22. The summed E-state index contributed by atoms with van der Waals surface area (Å²) in [4.78, 5) is 0. The number of hydrogen-bond acceptors (Lipinski definition) is 3. The van der Waals surface area contributed by atoms with E-state index in [0.29, 0.717) is 6.54 Å². The SMILES string of the molecule is CCCNCc1cnn(Cc2ccc(OC)c(F)c2)c1C. The second-order valence-corrected chi connectivity index (χ2v) is 5.06. The van der Waals surface area contributed by atoms with Crippen molar-refractivity contribution < 1.29 is 9.13 Å². The van der Waals surface area contributed by atoms with Crippen LogP contribution in [0.15, 0.2) is 24.4 Å². The third-order valence-corrected chi connectivity index (χ3v) is 3.50. The molecule has 0 atom stereocenters. The van der Waals surface area contributed by atoms with Gasteiger partial charge in [0.25, 0.3) is 0 Å². The van der Waals surface area contributed by atoms with Crippen LogP contribution in [0.4, 0.5) is 4.39 Å². The molecule has 2 aromatic rings. The van der Waals surface area contributed by atoms with Gasteiger partial charge >= 0.3 is 0 Å². The molecular formula is C16H22FN3O. The lowest BCUT2D eigenvalue weighted by atomic mass is 10.2. The van der Waals surface area contributed by atoms with E-state index < -0.39 is 0 Å². The Hall–Kier alpha value is -1.88. The summed E-state index contributed by atoms with van der Waals surface area (Å²) in [6.45, 7) is 6.54. The van der Waals surface area contributed by atoms with E-state index in [1.165, 1.54) is 18.7 Å². The van der Waals surface area contributed by atoms with E-state index in [2.05, 4.69) is 17.3 Å². The van der Waals surface area contributed by atoms with Gasteiger partial charge in [-0.05, 0) is 37.6 Å². The van der Waals surface area contributed by atoms with Crippen molar-refractivity contribution in [1.29, 1.82) is 0 Å². The number of methoxy groups -OCH3 is 1. The highest BCUT2D eigenvalue weighted by molar-refractivity contribution is 5.29. The molecular weight excluding hydrogens is 269 g/mol. The van der Waals surface area contributed by atoms with Crippen molar-refractivity contribution in [1.82, 2.24) is 15.1 Å². The lowest BCUT2D eigenvalue weighted by Gasteiger charge is -2.08. The van der Waals surface area contributed by atoms with Crippen LogP contribution < -0.4 is 10.1 Å². The molecule has 21 heavy (non-hydrogen) atoms. The van der Waals surface area contributed by atoms with Crippen LogP contribution in [-0.2, 0) is 13.1 Å². The smallest absolute Gasteiger partial charge is 0.165 e. The summed E-state index contributed by atoms with van der Waals surface area (Å²) < 4.78 is 20.5.